The van der Waals surface area contributed by atoms with Crippen LogP contribution in [0.3, 0.4) is 0 Å². The van der Waals surface area contributed by atoms with Gasteiger partial charge in [0.2, 0.25) is 0 Å². The molecule has 0 fully saturated rings. The highest BCUT2D eigenvalue weighted by Gasteiger charge is 2.16. The average molecular weight is 615 g/mol. The molecule has 5 nitrogen and oxygen atoms in total. The minimum absolute atomic E-state index is 0.615. The van der Waals surface area contributed by atoms with E-state index in [1.807, 2.05) is 60.7 Å². The van der Waals surface area contributed by atoms with Crippen LogP contribution >= 0.6 is 0 Å². The van der Waals surface area contributed by atoms with Crippen molar-refractivity contribution in [3.05, 3.63) is 158 Å². The molecule has 0 spiro atoms. The summed E-state index contributed by atoms with van der Waals surface area (Å²) >= 11 is 0. The maximum atomic E-state index is 6.09. The Hall–Kier alpha value is -6.59. The lowest BCUT2D eigenvalue weighted by Crippen LogP contribution is -2.00. The van der Waals surface area contributed by atoms with Crippen molar-refractivity contribution in [3.63, 3.8) is 0 Å². The Balaban J connectivity index is 1.13. The van der Waals surface area contributed by atoms with Crippen molar-refractivity contribution in [2.45, 2.75) is 0 Å². The zero-order valence-electron chi connectivity index (χ0n) is 25.7. The molecule has 3 heterocycles. The Kier molecular flexibility index (Phi) is 5.81. The van der Waals surface area contributed by atoms with Gasteiger partial charge in [-0.2, -0.15) is 0 Å². The van der Waals surface area contributed by atoms with Crippen molar-refractivity contribution >= 4 is 54.5 Å². The Morgan fingerprint density at radius 1 is 0.375 bits per heavy atom. The fourth-order valence-electron chi connectivity index (χ4n) is 6.91. The fourth-order valence-corrected chi connectivity index (χ4v) is 6.91. The van der Waals surface area contributed by atoms with Gasteiger partial charge in [0.15, 0.2) is 17.5 Å². The molecule has 48 heavy (non-hydrogen) atoms. The van der Waals surface area contributed by atoms with Crippen LogP contribution in [0.25, 0.3) is 94.4 Å². The molecule has 0 saturated heterocycles. The van der Waals surface area contributed by atoms with Gasteiger partial charge in [-0.25, -0.2) is 15.0 Å². The van der Waals surface area contributed by atoms with E-state index >= 15 is 0 Å². The Morgan fingerprint density at radius 3 is 1.75 bits per heavy atom. The standard InChI is InChI=1S/C43H26N4O/c1-2-10-27(11-3-1)41-44-42(46-43(45-41)31-20-23-40-36(25-31)34-15-7-9-17-39(34)48-40)28-18-21-32(22-19-28)47-37-16-8-6-14-33(37)35-24-29-12-4-5-13-30(29)26-38(35)47/h1-26H. The highest BCUT2D eigenvalue weighted by molar-refractivity contribution is 6.13. The molecule has 224 valence electrons. The van der Waals surface area contributed by atoms with E-state index in [9.17, 15) is 0 Å². The highest BCUT2D eigenvalue weighted by atomic mass is 16.3. The molecule has 0 aliphatic rings. The molecule has 0 radical (unpaired) electrons. The van der Waals surface area contributed by atoms with E-state index in [1.165, 1.54) is 32.6 Å². The van der Waals surface area contributed by atoms with E-state index in [-0.39, 0.29) is 0 Å². The van der Waals surface area contributed by atoms with Crippen LogP contribution in [-0.4, -0.2) is 19.5 Å². The number of nitrogens with zero attached hydrogens (tertiary/aromatic N) is 4. The maximum Gasteiger partial charge on any atom is 0.164 e. The predicted octanol–water partition coefficient (Wildman–Crippen LogP) is 11.0. The number of fused-ring (bicyclic) bond motifs is 7. The van der Waals surface area contributed by atoms with Crippen LogP contribution in [0, 0.1) is 0 Å². The molecule has 0 aliphatic carbocycles. The van der Waals surface area contributed by atoms with Crippen LogP contribution in [0.2, 0.25) is 0 Å². The average Bonchev–Trinajstić information content (AvgIpc) is 3.69. The summed E-state index contributed by atoms with van der Waals surface area (Å²) < 4.78 is 8.44. The summed E-state index contributed by atoms with van der Waals surface area (Å²) in [6.45, 7) is 0. The lowest BCUT2D eigenvalue weighted by Gasteiger charge is -2.11. The zero-order valence-corrected chi connectivity index (χ0v) is 25.7. The van der Waals surface area contributed by atoms with Crippen molar-refractivity contribution in [3.8, 4) is 39.9 Å². The minimum atomic E-state index is 0.615. The number of furan rings is 1. The highest BCUT2D eigenvalue weighted by Crippen LogP contribution is 2.36. The zero-order chi connectivity index (χ0) is 31.6. The van der Waals surface area contributed by atoms with E-state index in [2.05, 4.69) is 102 Å². The fraction of sp³-hybridized carbons (Fsp3) is 0. The van der Waals surface area contributed by atoms with Crippen LogP contribution in [0.1, 0.15) is 0 Å². The van der Waals surface area contributed by atoms with Gasteiger partial charge in [-0.05, 0) is 77.5 Å². The first-order valence-corrected chi connectivity index (χ1v) is 16.0. The van der Waals surface area contributed by atoms with Crippen LogP contribution < -0.4 is 0 Å². The third kappa shape index (κ3) is 4.22. The summed E-state index contributed by atoms with van der Waals surface area (Å²) in [6.07, 6.45) is 0. The lowest BCUT2D eigenvalue weighted by molar-refractivity contribution is 0.669. The van der Waals surface area contributed by atoms with E-state index in [0.29, 0.717) is 17.5 Å². The topological polar surface area (TPSA) is 56.7 Å². The number of aromatic nitrogens is 4. The Morgan fingerprint density at radius 2 is 0.958 bits per heavy atom. The second-order valence-corrected chi connectivity index (χ2v) is 12.1. The van der Waals surface area contributed by atoms with Crippen LogP contribution in [0.5, 0.6) is 0 Å². The van der Waals surface area contributed by atoms with Crippen molar-refractivity contribution in [2.24, 2.45) is 0 Å². The molecular formula is C43H26N4O. The van der Waals surface area contributed by atoms with E-state index < -0.39 is 0 Å². The summed E-state index contributed by atoms with van der Waals surface area (Å²) in [5, 5.41) is 7.04. The summed E-state index contributed by atoms with van der Waals surface area (Å²) in [5.41, 5.74) is 7.89. The third-order valence-electron chi connectivity index (χ3n) is 9.23. The predicted molar refractivity (Wildman–Crippen MR) is 195 cm³/mol. The molecule has 0 aliphatic heterocycles. The first-order valence-electron chi connectivity index (χ1n) is 16.0. The van der Waals surface area contributed by atoms with Gasteiger partial charge in [-0.3, -0.25) is 0 Å². The second-order valence-electron chi connectivity index (χ2n) is 12.1. The molecule has 0 amide bonds. The summed E-state index contributed by atoms with van der Waals surface area (Å²) in [7, 11) is 0. The smallest absolute Gasteiger partial charge is 0.164 e. The number of hydrogen-bond donors (Lipinski definition) is 0. The van der Waals surface area contributed by atoms with Crippen molar-refractivity contribution < 1.29 is 4.42 Å². The summed E-state index contributed by atoms with van der Waals surface area (Å²) in [4.78, 5) is 15.0. The number of benzene rings is 7. The van der Waals surface area contributed by atoms with Crippen LogP contribution in [-0.2, 0) is 0 Å². The molecule has 0 atom stereocenters. The van der Waals surface area contributed by atoms with Crippen molar-refractivity contribution in [1.82, 2.24) is 19.5 Å². The monoisotopic (exact) mass is 614 g/mol. The van der Waals surface area contributed by atoms with Gasteiger partial charge in [-0.15, -0.1) is 0 Å². The van der Waals surface area contributed by atoms with Gasteiger partial charge in [0.1, 0.15) is 11.2 Å². The van der Waals surface area contributed by atoms with Crippen molar-refractivity contribution in [1.29, 1.82) is 0 Å². The molecule has 0 bridgehead atoms. The van der Waals surface area contributed by atoms with Gasteiger partial charge in [0.25, 0.3) is 0 Å². The van der Waals surface area contributed by atoms with Crippen LogP contribution in [0.15, 0.2) is 162 Å². The largest absolute Gasteiger partial charge is 0.456 e. The summed E-state index contributed by atoms with van der Waals surface area (Å²) in [5.74, 6) is 1.87. The third-order valence-corrected chi connectivity index (χ3v) is 9.23. The van der Waals surface area contributed by atoms with E-state index in [4.69, 9.17) is 19.4 Å². The quantitative estimate of drug-likeness (QED) is 0.198. The molecular weight excluding hydrogens is 589 g/mol. The van der Waals surface area contributed by atoms with Gasteiger partial charge < -0.3 is 8.98 Å². The normalized spacial score (nSPS) is 11.8. The van der Waals surface area contributed by atoms with E-state index in [0.717, 1.165) is 44.3 Å². The number of rotatable bonds is 4. The Labute approximate surface area is 275 Å². The first kappa shape index (κ1) is 26.6. The lowest BCUT2D eigenvalue weighted by atomic mass is 10.1. The molecule has 10 rings (SSSR count). The van der Waals surface area contributed by atoms with Crippen molar-refractivity contribution in [2.75, 3.05) is 0 Å². The molecule has 7 aromatic carbocycles. The minimum Gasteiger partial charge on any atom is -0.456 e. The molecule has 10 aromatic rings. The second kappa shape index (κ2) is 10.5. The molecule has 0 N–H and O–H groups in total. The molecule has 3 aromatic heterocycles. The van der Waals surface area contributed by atoms with Gasteiger partial charge >= 0.3 is 0 Å². The number of hydrogen-bond acceptors (Lipinski definition) is 4. The Bertz CT molecular complexity index is 2830. The van der Waals surface area contributed by atoms with Gasteiger partial charge in [0.05, 0.1) is 11.0 Å². The SMILES string of the molecule is c1ccc(-c2nc(-c3ccc(-n4c5ccccc5c5cc6ccccc6cc54)cc3)nc(-c3ccc4oc5ccccc5c4c3)n2)cc1. The first-order chi connectivity index (χ1) is 23.8. The maximum absolute atomic E-state index is 6.09. The van der Waals surface area contributed by atoms with E-state index in [1.54, 1.807) is 0 Å². The van der Waals surface area contributed by atoms with Gasteiger partial charge in [0, 0.05) is 43.9 Å². The van der Waals surface area contributed by atoms with Gasteiger partial charge in [-0.1, -0.05) is 91.0 Å². The summed E-state index contributed by atoms with van der Waals surface area (Å²) in [6, 6.07) is 54.6. The number of para-hydroxylation sites is 2. The molecule has 5 heteroatoms. The molecule has 0 saturated carbocycles. The van der Waals surface area contributed by atoms with Crippen LogP contribution in [0.4, 0.5) is 0 Å². The molecule has 0 unspecified atom stereocenters.